The van der Waals surface area contributed by atoms with E-state index in [0.29, 0.717) is 19.5 Å². The lowest BCUT2D eigenvalue weighted by Crippen LogP contribution is -2.36. The van der Waals surface area contributed by atoms with E-state index < -0.39 is 12.1 Å². The third-order valence-electron chi connectivity index (χ3n) is 3.72. The minimum atomic E-state index is -0.522. The van der Waals surface area contributed by atoms with Crippen LogP contribution in [0.5, 0.6) is 11.5 Å². The van der Waals surface area contributed by atoms with Crippen molar-refractivity contribution < 1.29 is 24.1 Å². The third kappa shape index (κ3) is 3.46. The van der Waals surface area contributed by atoms with Crippen molar-refractivity contribution in [1.29, 1.82) is 0 Å². The van der Waals surface area contributed by atoms with Crippen molar-refractivity contribution in [3.05, 3.63) is 23.8 Å². The molecule has 21 heavy (non-hydrogen) atoms. The average molecular weight is 295 g/mol. The van der Waals surface area contributed by atoms with Crippen LogP contribution in [-0.4, -0.2) is 56.0 Å². The Hall–Kier alpha value is -1.79. The molecule has 1 aromatic rings. The number of benzene rings is 1. The summed E-state index contributed by atoms with van der Waals surface area (Å²) in [6.45, 7) is 0.914. The molecular formula is C15H21NO5. The van der Waals surface area contributed by atoms with Crippen LogP contribution in [0.4, 0.5) is 0 Å². The molecule has 1 saturated heterocycles. The summed E-state index contributed by atoms with van der Waals surface area (Å²) in [6, 6.07) is 5.09. The minimum absolute atomic E-state index is 0.326. The van der Waals surface area contributed by atoms with Crippen molar-refractivity contribution >= 4 is 5.97 Å². The highest BCUT2D eigenvalue weighted by molar-refractivity contribution is 5.76. The molecule has 2 atom stereocenters. The van der Waals surface area contributed by atoms with Crippen molar-refractivity contribution in [3.63, 3.8) is 0 Å². The van der Waals surface area contributed by atoms with Gasteiger partial charge in [-0.15, -0.1) is 0 Å². The number of aliphatic hydroxyl groups is 1. The zero-order valence-electron chi connectivity index (χ0n) is 12.5. The van der Waals surface area contributed by atoms with Crippen LogP contribution in [0.2, 0.25) is 0 Å². The molecule has 116 valence electrons. The number of hydrogen-bond donors (Lipinski definition) is 1. The second-order valence-corrected chi connectivity index (χ2v) is 5.04. The number of ether oxygens (including phenoxy) is 3. The molecular weight excluding hydrogens is 274 g/mol. The Morgan fingerprint density at radius 1 is 1.33 bits per heavy atom. The van der Waals surface area contributed by atoms with E-state index in [4.69, 9.17) is 14.2 Å². The number of likely N-dealkylation sites (tertiary alicyclic amines) is 1. The van der Waals surface area contributed by atoms with Crippen LogP contribution in [0.1, 0.15) is 12.0 Å². The standard InChI is InChI=1S/C15H21NO5/c1-19-12-4-5-14(20-2)10(6-12)8-16-9-11(17)7-13(16)15(18)21-3/h4-6,11,13,17H,7-9H2,1-3H3. The molecule has 1 aliphatic heterocycles. The fraction of sp³-hybridized carbons (Fsp3) is 0.533. The van der Waals surface area contributed by atoms with Crippen LogP contribution in [0.3, 0.4) is 0 Å². The van der Waals surface area contributed by atoms with Gasteiger partial charge in [-0.3, -0.25) is 9.69 Å². The molecule has 0 saturated carbocycles. The summed E-state index contributed by atoms with van der Waals surface area (Å²) in [7, 11) is 4.56. The minimum Gasteiger partial charge on any atom is -0.497 e. The van der Waals surface area contributed by atoms with Crippen molar-refractivity contribution in [2.45, 2.75) is 25.1 Å². The van der Waals surface area contributed by atoms with Gasteiger partial charge in [0, 0.05) is 25.1 Å². The van der Waals surface area contributed by atoms with Crippen LogP contribution < -0.4 is 9.47 Å². The Morgan fingerprint density at radius 3 is 2.71 bits per heavy atom. The number of nitrogens with zero attached hydrogens (tertiary/aromatic N) is 1. The van der Waals surface area contributed by atoms with Crippen LogP contribution >= 0.6 is 0 Å². The smallest absolute Gasteiger partial charge is 0.323 e. The molecule has 1 heterocycles. The van der Waals surface area contributed by atoms with E-state index in [1.165, 1.54) is 7.11 Å². The number of esters is 1. The molecule has 0 radical (unpaired) electrons. The molecule has 0 bridgehead atoms. The molecule has 1 aliphatic rings. The lowest BCUT2D eigenvalue weighted by atomic mass is 10.1. The summed E-state index contributed by atoms with van der Waals surface area (Å²) in [5.41, 5.74) is 0.903. The highest BCUT2D eigenvalue weighted by atomic mass is 16.5. The summed E-state index contributed by atoms with van der Waals surface area (Å²) in [5.74, 6) is 1.12. The van der Waals surface area contributed by atoms with Crippen molar-refractivity contribution in [3.8, 4) is 11.5 Å². The summed E-state index contributed by atoms with van der Waals surface area (Å²) in [4.78, 5) is 13.7. The van der Waals surface area contributed by atoms with Gasteiger partial charge < -0.3 is 19.3 Å². The Balaban J connectivity index is 2.21. The summed E-state index contributed by atoms with van der Waals surface area (Å²) < 4.78 is 15.4. The second kappa shape index (κ2) is 6.78. The molecule has 6 nitrogen and oxygen atoms in total. The topological polar surface area (TPSA) is 68.2 Å². The number of β-amino-alcohol motifs (C(OH)–C–C–N with tert-alkyl or cyclic N) is 1. The van der Waals surface area contributed by atoms with Gasteiger partial charge >= 0.3 is 5.97 Å². The Labute approximate surface area is 124 Å². The van der Waals surface area contributed by atoms with Crippen LogP contribution in [0.25, 0.3) is 0 Å². The quantitative estimate of drug-likeness (QED) is 0.811. The zero-order chi connectivity index (χ0) is 15.4. The number of carbonyl (C=O) groups is 1. The molecule has 0 amide bonds. The first-order chi connectivity index (χ1) is 10.1. The SMILES string of the molecule is COC(=O)C1CC(O)CN1Cc1cc(OC)ccc1OC. The molecule has 0 aromatic heterocycles. The van der Waals surface area contributed by atoms with Gasteiger partial charge in [0.15, 0.2) is 0 Å². The summed E-state index contributed by atoms with van der Waals surface area (Å²) in [5, 5.41) is 9.81. The van der Waals surface area contributed by atoms with E-state index in [1.54, 1.807) is 14.2 Å². The van der Waals surface area contributed by atoms with Crippen LogP contribution in [0, 0.1) is 0 Å². The molecule has 1 N–H and O–H groups in total. The molecule has 0 spiro atoms. The second-order valence-electron chi connectivity index (χ2n) is 5.04. The number of aliphatic hydroxyl groups excluding tert-OH is 1. The highest BCUT2D eigenvalue weighted by Crippen LogP contribution is 2.28. The van der Waals surface area contributed by atoms with E-state index in [9.17, 15) is 9.90 Å². The van der Waals surface area contributed by atoms with Gasteiger partial charge in [0.2, 0.25) is 0 Å². The van der Waals surface area contributed by atoms with Gasteiger partial charge in [0.1, 0.15) is 17.5 Å². The van der Waals surface area contributed by atoms with Crippen molar-refractivity contribution in [1.82, 2.24) is 4.90 Å². The Kier molecular flexibility index (Phi) is 5.03. The van der Waals surface area contributed by atoms with Crippen molar-refractivity contribution in [2.75, 3.05) is 27.9 Å². The molecule has 1 fully saturated rings. The van der Waals surface area contributed by atoms with Gasteiger partial charge in [0.25, 0.3) is 0 Å². The lowest BCUT2D eigenvalue weighted by molar-refractivity contribution is -0.146. The normalized spacial score (nSPS) is 22.1. The van der Waals surface area contributed by atoms with Gasteiger partial charge in [-0.05, 0) is 18.2 Å². The maximum Gasteiger partial charge on any atom is 0.323 e. The van der Waals surface area contributed by atoms with Gasteiger partial charge in [-0.25, -0.2) is 0 Å². The summed E-state index contributed by atoms with van der Waals surface area (Å²) in [6.07, 6.45) is -0.135. The fourth-order valence-corrected chi connectivity index (χ4v) is 2.66. The van der Waals surface area contributed by atoms with Gasteiger partial charge in [-0.2, -0.15) is 0 Å². The predicted molar refractivity (Wildman–Crippen MR) is 76.4 cm³/mol. The first-order valence-electron chi connectivity index (χ1n) is 6.80. The summed E-state index contributed by atoms with van der Waals surface area (Å²) >= 11 is 0. The van der Waals surface area contributed by atoms with E-state index >= 15 is 0 Å². The molecule has 2 rings (SSSR count). The molecule has 6 heteroatoms. The average Bonchev–Trinajstić information content (AvgIpc) is 2.87. The molecule has 2 unspecified atom stereocenters. The number of rotatable bonds is 5. The van der Waals surface area contributed by atoms with Crippen LogP contribution in [-0.2, 0) is 16.1 Å². The predicted octanol–water partition coefficient (Wildman–Crippen LogP) is 0.812. The zero-order valence-corrected chi connectivity index (χ0v) is 12.5. The highest BCUT2D eigenvalue weighted by Gasteiger charge is 2.37. The van der Waals surface area contributed by atoms with E-state index in [0.717, 1.165) is 17.1 Å². The number of methoxy groups -OCH3 is 3. The Morgan fingerprint density at radius 2 is 2.10 bits per heavy atom. The largest absolute Gasteiger partial charge is 0.497 e. The lowest BCUT2D eigenvalue weighted by Gasteiger charge is -2.23. The first-order valence-corrected chi connectivity index (χ1v) is 6.80. The monoisotopic (exact) mass is 295 g/mol. The third-order valence-corrected chi connectivity index (χ3v) is 3.72. The van der Waals surface area contributed by atoms with E-state index in [1.807, 2.05) is 23.1 Å². The Bertz CT molecular complexity index is 505. The number of carbonyl (C=O) groups excluding carboxylic acids is 1. The molecule has 0 aliphatic carbocycles. The maximum absolute atomic E-state index is 11.8. The maximum atomic E-state index is 11.8. The molecule has 1 aromatic carbocycles. The number of hydrogen-bond acceptors (Lipinski definition) is 6. The van der Waals surface area contributed by atoms with E-state index in [2.05, 4.69) is 0 Å². The fourth-order valence-electron chi connectivity index (χ4n) is 2.66. The van der Waals surface area contributed by atoms with Crippen LogP contribution in [0.15, 0.2) is 18.2 Å². The van der Waals surface area contributed by atoms with Crippen molar-refractivity contribution in [2.24, 2.45) is 0 Å². The van der Waals surface area contributed by atoms with E-state index in [-0.39, 0.29) is 5.97 Å². The van der Waals surface area contributed by atoms with Gasteiger partial charge in [0.05, 0.1) is 27.4 Å². The first kappa shape index (κ1) is 15.6. The van der Waals surface area contributed by atoms with Gasteiger partial charge in [-0.1, -0.05) is 0 Å².